The van der Waals surface area contributed by atoms with Crippen LogP contribution in [-0.4, -0.2) is 40.4 Å². The van der Waals surface area contributed by atoms with E-state index in [1.54, 1.807) is 0 Å². The predicted molar refractivity (Wildman–Crippen MR) is 65.2 cm³/mol. The summed E-state index contributed by atoms with van der Waals surface area (Å²) >= 11 is 0. The summed E-state index contributed by atoms with van der Waals surface area (Å²) in [5.41, 5.74) is 1.26. The number of hydrogen-bond donors (Lipinski definition) is 1. The van der Waals surface area contributed by atoms with Gasteiger partial charge in [-0.25, -0.2) is 0 Å². The van der Waals surface area contributed by atoms with Crippen LogP contribution in [0.3, 0.4) is 0 Å². The van der Waals surface area contributed by atoms with Crippen molar-refractivity contribution in [1.82, 2.24) is 20.0 Å². The molecule has 0 radical (unpaired) electrons. The molecule has 1 unspecified atom stereocenters. The molecule has 1 aromatic rings. The molecular weight excluding hydrogens is 200 g/mol. The van der Waals surface area contributed by atoms with Gasteiger partial charge >= 0.3 is 0 Å². The van der Waals surface area contributed by atoms with E-state index in [2.05, 4.69) is 28.4 Å². The zero-order valence-corrected chi connectivity index (χ0v) is 10.3. The molecule has 1 atom stereocenters. The third-order valence-corrected chi connectivity index (χ3v) is 3.35. The van der Waals surface area contributed by atoms with E-state index in [1.165, 1.54) is 31.5 Å². The van der Waals surface area contributed by atoms with Gasteiger partial charge in [-0.05, 0) is 26.3 Å². The fourth-order valence-electron chi connectivity index (χ4n) is 2.34. The molecule has 0 bridgehead atoms. The highest BCUT2D eigenvalue weighted by Gasteiger charge is 2.18. The summed E-state index contributed by atoms with van der Waals surface area (Å²) in [4.78, 5) is 2.57. The summed E-state index contributed by atoms with van der Waals surface area (Å²) in [7, 11) is 1.95. The van der Waals surface area contributed by atoms with Gasteiger partial charge in [-0.15, -0.1) is 0 Å². The quantitative estimate of drug-likeness (QED) is 0.754. The van der Waals surface area contributed by atoms with Crippen LogP contribution in [0.5, 0.6) is 0 Å². The molecular formula is C12H22N4. The summed E-state index contributed by atoms with van der Waals surface area (Å²) in [6.45, 7) is 6.76. The van der Waals surface area contributed by atoms with Gasteiger partial charge in [-0.1, -0.05) is 0 Å². The topological polar surface area (TPSA) is 33.1 Å². The number of hydrogen-bond acceptors (Lipinski definition) is 3. The second-order valence-electron chi connectivity index (χ2n) is 4.73. The van der Waals surface area contributed by atoms with Crippen LogP contribution < -0.4 is 5.32 Å². The van der Waals surface area contributed by atoms with Gasteiger partial charge in [0.1, 0.15) is 0 Å². The molecule has 1 aliphatic heterocycles. The number of aromatic nitrogens is 2. The van der Waals surface area contributed by atoms with E-state index in [4.69, 9.17) is 0 Å². The van der Waals surface area contributed by atoms with Crippen LogP contribution in [0.15, 0.2) is 12.4 Å². The van der Waals surface area contributed by atoms with Crippen LogP contribution in [0, 0.1) is 0 Å². The maximum atomic E-state index is 4.15. The summed E-state index contributed by atoms with van der Waals surface area (Å²) in [6, 6.07) is 0.778. The van der Waals surface area contributed by atoms with Gasteiger partial charge in [-0.2, -0.15) is 5.10 Å². The second-order valence-corrected chi connectivity index (χ2v) is 4.73. The zero-order valence-electron chi connectivity index (χ0n) is 10.3. The van der Waals surface area contributed by atoms with Crippen molar-refractivity contribution < 1.29 is 0 Å². The predicted octanol–water partition coefficient (Wildman–Crippen LogP) is 0.994. The first-order valence-electron chi connectivity index (χ1n) is 6.18. The highest BCUT2D eigenvalue weighted by molar-refractivity contribution is 5.02. The van der Waals surface area contributed by atoms with E-state index in [9.17, 15) is 0 Å². The van der Waals surface area contributed by atoms with E-state index in [0.717, 1.165) is 19.1 Å². The minimum Gasteiger partial charge on any atom is -0.311 e. The maximum Gasteiger partial charge on any atom is 0.0534 e. The standard InChI is InChI=1S/C12H22N4/c1-11-4-3-6-16(11)7-5-13-8-12-9-14-15(2)10-12/h9-11,13H,3-8H2,1-2H3. The van der Waals surface area contributed by atoms with Gasteiger partial charge in [0.05, 0.1) is 6.20 Å². The molecule has 1 fully saturated rings. The van der Waals surface area contributed by atoms with E-state index in [1.807, 2.05) is 17.9 Å². The average molecular weight is 222 g/mol. The molecule has 1 N–H and O–H groups in total. The second kappa shape index (κ2) is 5.46. The molecule has 1 aliphatic rings. The van der Waals surface area contributed by atoms with Crippen LogP contribution in [0.1, 0.15) is 25.3 Å². The van der Waals surface area contributed by atoms with Crippen LogP contribution in [0.25, 0.3) is 0 Å². The monoisotopic (exact) mass is 222 g/mol. The summed E-state index contributed by atoms with van der Waals surface area (Å²) < 4.78 is 1.85. The largest absolute Gasteiger partial charge is 0.311 e. The van der Waals surface area contributed by atoms with Crippen molar-refractivity contribution in [3.05, 3.63) is 18.0 Å². The normalized spacial score (nSPS) is 21.8. The van der Waals surface area contributed by atoms with Crippen molar-refractivity contribution in [1.29, 1.82) is 0 Å². The van der Waals surface area contributed by atoms with Gasteiger partial charge in [-0.3, -0.25) is 9.58 Å². The van der Waals surface area contributed by atoms with Crippen LogP contribution in [-0.2, 0) is 13.6 Å². The molecule has 0 amide bonds. The Balaban J connectivity index is 1.61. The Kier molecular flexibility index (Phi) is 3.96. The number of nitrogens with one attached hydrogen (secondary N) is 1. The molecule has 90 valence electrons. The lowest BCUT2D eigenvalue weighted by Crippen LogP contribution is -2.34. The average Bonchev–Trinajstić information content (AvgIpc) is 2.83. The van der Waals surface area contributed by atoms with Crippen molar-refractivity contribution in [2.75, 3.05) is 19.6 Å². The highest BCUT2D eigenvalue weighted by atomic mass is 15.2. The third-order valence-electron chi connectivity index (χ3n) is 3.35. The Hall–Kier alpha value is -0.870. The lowest BCUT2D eigenvalue weighted by atomic mass is 10.2. The maximum absolute atomic E-state index is 4.15. The molecule has 2 heterocycles. The van der Waals surface area contributed by atoms with Crippen molar-refractivity contribution in [2.24, 2.45) is 7.05 Å². The van der Waals surface area contributed by atoms with Gasteiger partial charge in [0, 0.05) is 44.5 Å². The molecule has 1 saturated heterocycles. The lowest BCUT2D eigenvalue weighted by molar-refractivity contribution is 0.268. The van der Waals surface area contributed by atoms with Crippen molar-refractivity contribution in [3.8, 4) is 0 Å². The van der Waals surface area contributed by atoms with Gasteiger partial charge < -0.3 is 5.32 Å². The Bertz CT molecular complexity index is 321. The van der Waals surface area contributed by atoms with Gasteiger partial charge in [0.25, 0.3) is 0 Å². The Morgan fingerprint density at radius 1 is 1.56 bits per heavy atom. The van der Waals surface area contributed by atoms with Crippen LogP contribution >= 0.6 is 0 Å². The minimum absolute atomic E-state index is 0.778. The fourth-order valence-corrected chi connectivity index (χ4v) is 2.34. The van der Waals surface area contributed by atoms with E-state index in [-0.39, 0.29) is 0 Å². The van der Waals surface area contributed by atoms with Crippen molar-refractivity contribution >= 4 is 0 Å². The molecule has 0 saturated carbocycles. The number of nitrogens with zero attached hydrogens (tertiary/aromatic N) is 3. The molecule has 0 spiro atoms. The Morgan fingerprint density at radius 2 is 2.44 bits per heavy atom. The molecule has 2 rings (SSSR count). The van der Waals surface area contributed by atoms with Crippen molar-refractivity contribution in [3.63, 3.8) is 0 Å². The van der Waals surface area contributed by atoms with E-state index in [0.29, 0.717) is 0 Å². The summed E-state index contributed by atoms with van der Waals surface area (Å²) in [5, 5.41) is 7.62. The molecule has 0 aromatic carbocycles. The lowest BCUT2D eigenvalue weighted by Gasteiger charge is -2.20. The number of aryl methyl sites for hydroxylation is 1. The van der Waals surface area contributed by atoms with Crippen LogP contribution in [0.2, 0.25) is 0 Å². The van der Waals surface area contributed by atoms with Gasteiger partial charge in [0.15, 0.2) is 0 Å². The minimum atomic E-state index is 0.778. The first kappa shape index (κ1) is 11.6. The highest BCUT2D eigenvalue weighted by Crippen LogP contribution is 2.14. The van der Waals surface area contributed by atoms with E-state index >= 15 is 0 Å². The summed E-state index contributed by atoms with van der Waals surface area (Å²) in [5.74, 6) is 0. The van der Waals surface area contributed by atoms with Crippen LogP contribution in [0.4, 0.5) is 0 Å². The molecule has 4 nitrogen and oxygen atoms in total. The molecule has 16 heavy (non-hydrogen) atoms. The fraction of sp³-hybridized carbons (Fsp3) is 0.750. The zero-order chi connectivity index (χ0) is 11.4. The molecule has 4 heteroatoms. The first-order chi connectivity index (χ1) is 7.75. The summed E-state index contributed by atoms with van der Waals surface area (Å²) in [6.07, 6.45) is 6.71. The smallest absolute Gasteiger partial charge is 0.0534 e. The van der Waals surface area contributed by atoms with Gasteiger partial charge in [0.2, 0.25) is 0 Å². The Morgan fingerprint density at radius 3 is 3.06 bits per heavy atom. The molecule has 0 aliphatic carbocycles. The number of likely N-dealkylation sites (tertiary alicyclic amines) is 1. The SMILES string of the molecule is CC1CCCN1CCNCc1cnn(C)c1. The first-order valence-corrected chi connectivity index (χ1v) is 6.18. The third kappa shape index (κ3) is 3.06. The molecule has 1 aromatic heterocycles. The Labute approximate surface area is 97.6 Å². The van der Waals surface area contributed by atoms with Crippen molar-refractivity contribution in [2.45, 2.75) is 32.4 Å². The van der Waals surface area contributed by atoms with E-state index < -0.39 is 0 Å². The number of rotatable bonds is 5.